The average molecular weight is 279 g/mol. The molecule has 2 nitrogen and oxygen atoms in total. The van der Waals surface area contributed by atoms with Crippen LogP contribution in [0.25, 0.3) is 0 Å². The van der Waals surface area contributed by atoms with Crippen molar-refractivity contribution in [3.05, 3.63) is 65.0 Å². The molecule has 0 N–H and O–H groups in total. The Hall–Kier alpha value is -2.17. The maximum Gasteiger partial charge on any atom is 0.416 e. The summed E-state index contributed by atoms with van der Waals surface area (Å²) in [5, 5.41) is 0. The molecule has 1 aromatic heterocycles. The Kier molecular flexibility index (Phi) is 3.88. The maximum absolute atomic E-state index is 12.6. The minimum Gasteiger partial charge on any atom is -0.294 e. The second-order valence-electron chi connectivity index (χ2n) is 4.51. The minimum atomic E-state index is -4.45. The van der Waals surface area contributed by atoms with E-state index >= 15 is 0 Å². The smallest absolute Gasteiger partial charge is 0.294 e. The lowest BCUT2D eigenvalue weighted by Crippen LogP contribution is -2.09. The molecule has 0 unspecified atom stereocenters. The summed E-state index contributed by atoms with van der Waals surface area (Å²) in [5.74, 6) is -0.382. The fourth-order valence-electron chi connectivity index (χ4n) is 1.74. The third-order valence-electron chi connectivity index (χ3n) is 2.83. The molecule has 0 amide bonds. The zero-order valence-corrected chi connectivity index (χ0v) is 10.7. The van der Waals surface area contributed by atoms with Crippen LogP contribution in [0.4, 0.5) is 13.2 Å². The highest BCUT2D eigenvalue weighted by Gasteiger charge is 2.30. The van der Waals surface area contributed by atoms with E-state index in [1.807, 2.05) is 13.0 Å². The van der Waals surface area contributed by atoms with Crippen molar-refractivity contribution in [2.75, 3.05) is 0 Å². The van der Waals surface area contributed by atoms with E-state index < -0.39 is 11.7 Å². The van der Waals surface area contributed by atoms with E-state index in [0.29, 0.717) is 5.69 Å². The van der Waals surface area contributed by atoms with Crippen LogP contribution in [-0.4, -0.2) is 10.8 Å². The van der Waals surface area contributed by atoms with Gasteiger partial charge in [-0.1, -0.05) is 18.2 Å². The van der Waals surface area contributed by atoms with Gasteiger partial charge in [-0.25, -0.2) is 0 Å². The molecule has 20 heavy (non-hydrogen) atoms. The van der Waals surface area contributed by atoms with E-state index in [0.717, 1.165) is 17.7 Å². The molecular weight excluding hydrogens is 267 g/mol. The predicted octanol–water partition coefficient (Wildman–Crippen LogP) is 3.83. The van der Waals surface area contributed by atoms with Crippen LogP contribution in [0.15, 0.2) is 42.6 Å². The summed E-state index contributed by atoms with van der Waals surface area (Å²) in [6, 6.07) is 7.93. The monoisotopic (exact) mass is 279 g/mol. The van der Waals surface area contributed by atoms with Gasteiger partial charge in [0.05, 0.1) is 12.0 Å². The van der Waals surface area contributed by atoms with Crippen LogP contribution in [0.2, 0.25) is 0 Å². The molecule has 0 spiro atoms. The second-order valence-corrected chi connectivity index (χ2v) is 4.51. The van der Waals surface area contributed by atoms with E-state index in [1.165, 1.54) is 12.1 Å². The number of pyridine rings is 1. The quantitative estimate of drug-likeness (QED) is 0.799. The Bertz CT molecular complexity index is 618. The molecule has 0 aliphatic heterocycles. The number of hydrogen-bond donors (Lipinski definition) is 0. The van der Waals surface area contributed by atoms with Gasteiger partial charge in [0.1, 0.15) is 0 Å². The van der Waals surface area contributed by atoms with Crippen molar-refractivity contribution in [3.63, 3.8) is 0 Å². The minimum absolute atomic E-state index is 0.0123. The third-order valence-corrected chi connectivity index (χ3v) is 2.83. The van der Waals surface area contributed by atoms with E-state index in [1.54, 1.807) is 12.3 Å². The van der Waals surface area contributed by atoms with Crippen LogP contribution in [-0.2, 0) is 12.6 Å². The van der Waals surface area contributed by atoms with E-state index in [-0.39, 0.29) is 17.8 Å². The largest absolute Gasteiger partial charge is 0.416 e. The van der Waals surface area contributed by atoms with Crippen LogP contribution >= 0.6 is 0 Å². The first-order chi connectivity index (χ1) is 9.36. The lowest BCUT2D eigenvalue weighted by Gasteiger charge is -2.08. The lowest BCUT2D eigenvalue weighted by atomic mass is 10.0. The van der Waals surface area contributed by atoms with Crippen molar-refractivity contribution >= 4 is 5.78 Å². The highest BCUT2D eigenvalue weighted by atomic mass is 19.4. The summed E-state index contributed by atoms with van der Waals surface area (Å²) in [4.78, 5) is 16.0. The normalized spacial score (nSPS) is 11.4. The van der Waals surface area contributed by atoms with E-state index in [2.05, 4.69) is 4.98 Å². The van der Waals surface area contributed by atoms with Gasteiger partial charge in [0, 0.05) is 17.5 Å². The number of benzene rings is 1. The first kappa shape index (κ1) is 14.2. The van der Waals surface area contributed by atoms with E-state index in [4.69, 9.17) is 0 Å². The van der Waals surface area contributed by atoms with Crippen LogP contribution in [0.5, 0.6) is 0 Å². The van der Waals surface area contributed by atoms with Crippen molar-refractivity contribution in [1.29, 1.82) is 0 Å². The Morgan fingerprint density at radius 3 is 2.55 bits per heavy atom. The SMILES string of the molecule is Cc1ccc(CC(=O)c2cccc(C(F)(F)F)c2)nc1. The number of carbonyl (C=O) groups excluding carboxylic acids is 1. The number of nitrogens with zero attached hydrogens (tertiary/aromatic N) is 1. The predicted molar refractivity (Wildman–Crippen MR) is 68.5 cm³/mol. The van der Waals surface area contributed by atoms with Gasteiger partial charge in [0.25, 0.3) is 0 Å². The standard InChI is InChI=1S/C15H12F3NO/c1-10-5-6-13(19-9-10)8-14(20)11-3-2-4-12(7-11)15(16,17)18/h2-7,9H,8H2,1H3. The molecule has 1 aromatic carbocycles. The van der Waals surface area contributed by atoms with Gasteiger partial charge in [-0.2, -0.15) is 13.2 Å². The van der Waals surface area contributed by atoms with Gasteiger partial charge >= 0.3 is 6.18 Å². The summed E-state index contributed by atoms with van der Waals surface area (Å²) in [6.45, 7) is 1.87. The third kappa shape index (κ3) is 3.44. The lowest BCUT2D eigenvalue weighted by molar-refractivity contribution is -0.137. The molecule has 0 bridgehead atoms. The van der Waals surface area contributed by atoms with Crippen LogP contribution in [0.1, 0.15) is 27.2 Å². The van der Waals surface area contributed by atoms with Gasteiger partial charge < -0.3 is 0 Å². The van der Waals surface area contributed by atoms with Gasteiger partial charge in [-0.3, -0.25) is 9.78 Å². The molecule has 0 saturated heterocycles. The summed E-state index contributed by atoms with van der Waals surface area (Å²) in [6.07, 6.45) is -2.84. The van der Waals surface area contributed by atoms with Crippen molar-refractivity contribution in [2.45, 2.75) is 19.5 Å². The Morgan fingerprint density at radius 1 is 1.20 bits per heavy atom. The molecule has 2 rings (SSSR count). The zero-order valence-electron chi connectivity index (χ0n) is 10.7. The fourth-order valence-corrected chi connectivity index (χ4v) is 1.74. The van der Waals surface area contributed by atoms with Crippen molar-refractivity contribution in [3.8, 4) is 0 Å². The molecule has 0 aliphatic rings. The molecule has 0 fully saturated rings. The van der Waals surface area contributed by atoms with Gasteiger partial charge in [-0.05, 0) is 30.7 Å². The van der Waals surface area contributed by atoms with Crippen molar-refractivity contribution < 1.29 is 18.0 Å². The first-order valence-electron chi connectivity index (χ1n) is 5.98. The second kappa shape index (κ2) is 5.45. The van der Waals surface area contributed by atoms with E-state index in [9.17, 15) is 18.0 Å². The number of aromatic nitrogens is 1. The number of Topliss-reactive ketones (excluding diaryl/α,β-unsaturated/α-hetero) is 1. The molecule has 0 saturated carbocycles. The Morgan fingerprint density at radius 2 is 1.95 bits per heavy atom. The maximum atomic E-state index is 12.6. The number of halogens is 3. The zero-order chi connectivity index (χ0) is 14.8. The van der Waals surface area contributed by atoms with Gasteiger partial charge in [0.2, 0.25) is 0 Å². The average Bonchev–Trinajstić information content (AvgIpc) is 2.40. The number of aryl methyl sites for hydroxylation is 1. The van der Waals surface area contributed by atoms with Crippen LogP contribution in [0, 0.1) is 6.92 Å². The number of ketones is 1. The molecule has 104 valence electrons. The fraction of sp³-hybridized carbons (Fsp3) is 0.200. The van der Waals surface area contributed by atoms with Crippen LogP contribution < -0.4 is 0 Å². The van der Waals surface area contributed by atoms with Crippen LogP contribution in [0.3, 0.4) is 0 Å². The van der Waals surface area contributed by atoms with Crippen molar-refractivity contribution in [2.24, 2.45) is 0 Å². The van der Waals surface area contributed by atoms with Crippen molar-refractivity contribution in [1.82, 2.24) is 4.98 Å². The topological polar surface area (TPSA) is 30.0 Å². The Balaban J connectivity index is 2.19. The number of rotatable bonds is 3. The molecule has 5 heteroatoms. The Labute approximate surface area is 114 Å². The number of carbonyl (C=O) groups is 1. The first-order valence-corrected chi connectivity index (χ1v) is 5.98. The summed E-state index contributed by atoms with van der Waals surface area (Å²) >= 11 is 0. The number of hydrogen-bond acceptors (Lipinski definition) is 2. The van der Waals surface area contributed by atoms with Gasteiger partial charge in [0.15, 0.2) is 5.78 Å². The molecule has 0 atom stereocenters. The molecular formula is C15H12F3NO. The highest BCUT2D eigenvalue weighted by molar-refractivity contribution is 5.97. The summed E-state index contributed by atoms with van der Waals surface area (Å²) < 4.78 is 37.7. The number of alkyl halides is 3. The van der Waals surface area contributed by atoms with Gasteiger partial charge in [-0.15, -0.1) is 0 Å². The molecule has 1 heterocycles. The molecule has 0 aliphatic carbocycles. The molecule has 2 aromatic rings. The summed E-state index contributed by atoms with van der Waals surface area (Å²) in [7, 11) is 0. The highest BCUT2D eigenvalue weighted by Crippen LogP contribution is 2.29. The molecule has 0 radical (unpaired) electrons. The summed E-state index contributed by atoms with van der Waals surface area (Å²) in [5.41, 5.74) is 0.723.